The second kappa shape index (κ2) is 7.57. The summed E-state index contributed by atoms with van der Waals surface area (Å²) in [7, 11) is 0. The van der Waals surface area contributed by atoms with Crippen molar-refractivity contribution in [3.63, 3.8) is 0 Å². The SMILES string of the molecule is c1cc(-n2c3ccccc3c3sc4ccccc4c32)cc(-n2c3ccccc3c3sc4ccccc4c32)c1. The van der Waals surface area contributed by atoms with E-state index in [9.17, 15) is 0 Å². The second-order valence-corrected chi connectivity index (χ2v) is 11.9. The molecule has 0 atom stereocenters. The lowest BCUT2D eigenvalue weighted by Gasteiger charge is -2.13. The highest BCUT2D eigenvalue weighted by Crippen LogP contribution is 2.44. The summed E-state index contributed by atoms with van der Waals surface area (Å²) in [4.78, 5) is 0. The van der Waals surface area contributed by atoms with Gasteiger partial charge in [0.25, 0.3) is 0 Å². The Kier molecular flexibility index (Phi) is 4.12. The Bertz CT molecular complexity index is 2180. The van der Waals surface area contributed by atoms with Gasteiger partial charge in [-0.2, -0.15) is 0 Å². The van der Waals surface area contributed by atoms with E-state index in [2.05, 4.69) is 130 Å². The normalized spacial score (nSPS) is 12.2. The number of rotatable bonds is 2. The molecule has 0 bridgehead atoms. The fraction of sp³-hybridized carbons (Fsp3) is 0. The first kappa shape index (κ1) is 20.7. The van der Waals surface area contributed by atoms with Gasteiger partial charge in [-0.3, -0.25) is 0 Å². The Balaban J connectivity index is 1.40. The number of benzene rings is 5. The molecule has 0 spiro atoms. The first-order valence-corrected chi connectivity index (χ1v) is 14.4. The standard InChI is InChI=1S/C34H20N2S2/c1-5-16-27-23(12-1)33-31(25-14-3-7-18-29(25)37-33)35(27)21-10-9-11-22(20-21)36-28-17-6-2-13-24(28)34-32(36)26-15-4-8-19-30(26)38-34/h1-20H. The Morgan fingerprint density at radius 3 is 1.32 bits per heavy atom. The molecule has 0 radical (unpaired) electrons. The average molecular weight is 521 g/mol. The van der Waals surface area contributed by atoms with Gasteiger partial charge in [-0.05, 0) is 42.5 Å². The largest absolute Gasteiger partial charge is 0.308 e. The minimum absolute atomic E-state index is 1.18. The van der Waals surface area contributed by atoms with Crippen LogP contribution in [0.1, 0.15) is 0 Å². The van der Waals surface area contributed by atoms with Crippen molar-refractivity contribution in [3.05, 3.63) is 121 Å². The van der Waals surface area contributed by atoms with Gasteiger partial charge in [-0.25, -0.2) is 0 Å². The van der Waals surface area contributed by atoms with Gasteiger partial charge in [-0.15, -0.1) is 22.7 Å². The van der Waals surface area contributed by atoms with E-state index >= 15 is 0 Å². The van der Waals surface area contributed by atoms with Gasteiger partial charge in [0.05, 0.1) is 31.5 Å². The number of fused-ring (bicyclic) bond motifs is 10. The molecular formula is C34H20N2S2. The number of para-hydroxylation sites is 2. The molecule has 0 unspecified atom stereocenters. The Hall–Kier alpha value is -4.38. The highest BCUT2D eigenvalue weighted by atomic mass is 32.1. The van der Waals surface area contributed by atoms with E-state index in [-0.39, 0.29) is 0 Å². The predicted molar refractivity (Wildman–Crippen MR) is 166 cm³/mol. The van der Waals surface area contributed by atoms with E-state index in [1.54, 1.807) is 0 Å². The van der Waals surface area contributed by atoms with Crippen molar-refractivity contribution in [2.75, 3.05) is 0 Å². The van der Waals surface area contributed by atoms with E-state index in [4.69, 9.17) is 0 Å². The van der Waals surface area contributed by atoms with Crippen LogP contribution in [0.5, 0.6) is 0 Å². The van der Waals surface area contributed by atoms with Crippen LogP contribution in [0.3, 0.4) is 0 Å². The average Bonchev–Trinajstić information content (AvgIpc) is 3.70. The minimum atomic E-state index is 1.18. The maximum absolute atomic E-state index is 2.46. The van der Waals surface area contributed by atoms with Crippen molar-refractivity contribution in [3.8, 4) is 11.4 Å². The first-order valence-electron chi connectivity index (χ1n) is 12.8. The molecular weight excluding hydrogens is 501 g/mol. The van der Waals surface area contributed by atoms with Crippen LogP contribution in [0.15, 0.2) is 121 Å². The summed E-state index contributed by atoms with van der Waals surface area (Å²) in [6.45, 7) is 0. The van der Waals surface area contributed by atoms with E-state index in [1.165, 1.54) is 73.8 Å². The summed E-state index contributed by atoms with van der Waals surface area (Å²) in [6, 6.07) is 44.2. The van der Waals surface area contributed by atoms with Gasteiger partial charge in [0.1, 0.15) is 0 Å². The molecule has 0 saturated heterocycles. The molecule has 0 saturated carbocycles. The molecule has 9 rings (SSSR count). The predicted octanol–water partition coefficient (Wildman–Crippen LogP) is 10.3. The van der Waals surface area contributed by atoms with Crippen LogP contribution in [0.2, 0.25) is 0 Å². The van der Waals surface area contributed by atoms with E-state index < -0.39 is 0 Å². The fourth-order valence-electron chi connectivity index (χ4n) is 6.14. The van der Waals surface area contributed by atoms with Gasteiger partial charge in [0.2, 0.25) is 0 Å². The molecule has 0 fully saturated rings. The third-order valence-electron chi connectivity index (χ3n) is 7.71. The highest BCUT2D eigenvalue weighted by Gasteiger charge is 2.20. The third kappa shape index (κ3) is 2.66. The van der Waals surface area contributed by atoms with E-state index in [1.807, 2.05) is 22.7 Å². The molecule has 4 aromatic heterocycles. The van der Waals surface area contributed by atoms with Gasteiger partial charge >= 0.3 is 0 Å². The zero-order chi connectivity index (χ0) is 24.8. The summed E-state index contributed by atoms with van der Waals surface area (Å²) in [5.41, 5.74) is 7.46. The zero-order valence-corrected chi connectivity index (χ0v) is 21.9. The van der Waals surface area contributed by atoms with Gasteiger partial charge in [0, 0.05) is 42.3 Å². The zero-order valence-electron chi connectivity index (χ0n) is 20.3. The molecule has 0 aliphatic heterocycles. The van der Waals surface area contributed by atoms with Crippen molar-refractivity contribution in [2.45, 2.75) is 0 Å². The topological polar surface area (TPSA) is 9.86 Å². The summed E-state index contributed by atoms with van der Waals surface area (Å²) in [5.74, 6) is 0. The molecule has 4 heteroatoms. The Morgan fingerprint density at radius 2 is 0.816 bits per heavy atom. The first-order chi connectivity index (χ1) is 18.9. The number of nitrogens with zero attached hydrogens (tertiary/aromatic N) is 2. The maximum atomic E-state index is 2.46. The van der Waals surface area contributed by atoms with Crippen molar-refractivity contribution >= 4 is 85.1 Å². The van der Waals surface area contributed by atoms with Crippen molar-refractivity contribution < 1.29 is 0 Å². The number of hydrogen-bond acceptors (Lipinski definition) is 2. The lowest BCUT2D eigenvalue weighted by atomic mass is 10.2. The molecule has 5 aromatic carbocycles. The smallest absolute Gasteiger partial charge is 0.0727 e. The lowest BCUT2D eigenvalue weighted by molar-refractivity contribution is 1.14. The fourth-order valence-corrected chi connectivity index (χ4v) is 8.59. The molecule has 38 heavy (non-hydrogen) atoms. The summed E-state index contributed by atoms with van der Waals surface area (Å²) in [5, 5.41) is 5.25. The number of thiophene rings is 2. The molecule has 4 heterocycles. The summed E-state index contributed by atoms with van der Waals surface area (Å²) in [6.07, 6.45) is 0. The van der Waals surface area contributed by atoms with Crippen LogP contribution < -0.4 is 0 Å². The van der Waals surface area contributed by atoms with Crippen LogP contribution in [0, 0.1) is 0 Å². The summed E-state index contributed by atoms with van der Waals surface area (Å²) >= 11 is 3.78. The molecule has 0 aliphatic rings. The van der Waals surface area contributed by atoms with Crippen LogP contribution >= 0.6 is 22.7 Å². The van der Waals surface area contributed by atoms with E-state index in [0.717, 1.165) is 0 Å². The second-order valence-electron chi connectivity index (χ2n) is 9.78. The molecule has 0 aliphatic carbocycles. The van der Waals surface area contributed by atoms with Crippen molar-refractivity contribution in [2.24, 2.45) is 0 Å². The number of aromatic nitrogens is 2. The monoisotopic (exact) mass is 520 g/mol. The lowest BCUT2D eigenvalue weighted by Crippen LogP contribution is -1.98. The minimum Gasteiger partial charge on any atom is -0.308 e. The maximum Gasteiger partial charge on any atom is 0.0727 e. The molecule has 0 N–H and O–H groups in total. The van der Waals surface area contributed by atoms with Crippen LogP contribution in [-0.2, 0) is 0 Å². The quantitative estimate of drug-likeness (QED) is 0.215. The molecule has 178 valence electrons. The van der Waals surface area contributed by atoms with Gasteiger partial charge in [-0.1, -0.05) is 78.9 Å². The number of hydrogen-bond donors (Lipinski definition) is 0. The summed E-state index contributed by atoms with van der Waals surface area (Å²) < 4.78 is 10.3. The Labute approximate surface area is 226 Å². The molecule has 2 nitrogen and oxygen atoms in total. The Morgan fingerprint density at radius 1 is 0.395 bits per heavy atom. The van der Waals surface area contributed by atoms with Crippen LogP contribution in [0.4, 0.5) is 0 Å². The van der Waals surface area contributed by atoms with Crippen molar-refractivity contribution in [1.82, 2.24) is 9.13 Å². The van der Waals surface area contributed by atoms with Crippen LogP contribution in [-0.4, -0.2) is 9.13 Å². The third-order valence-corrected chi connectivity index (χ3v) is 10.1. The highest BCUT2D eigenvalue weighted by molar-refractivity contribution is 7.27. The van der Waals surface area contributed by atoms with Gasteiger partial charge < -0.3 is 9.13 Å². The van der Waals surface area contributed by atoms with Crippen LogP contribution in [0.25, 0.3) is 73.8 Å². The van der Waals surface area contributed by atoms with Crippen molar-refractivity contribution in [1.29, 1.82) is 0 Å². The molecule has 9 aromatic rings. The van der Waals surface area contributed by atoms with E-state index in [0.29, 0.717) is 0 Å². The molecule has 0 amide bonds. The van der Waals surface area contributed by atoms with Gasteiger partial charge in [0.15, 0.2) is 0 Å².